The van der Waals surface area contributed by atoms with Gasteiger partial charge in [0.1, 0.15) is 0 Å². The van der Waals surface area contributed by atoms with E-state index in [0.717, 1.165) is 33.7 Å². The minimum absolute atomic E-state index is 0.0206. The zero-order valence-electron chi connectivity index (χ0n) is 33.4. The van der Waals surface area contributed by atoms with Crippen LogP contribution in [0.2, 0.25) is 0 Å². The molecular formula is C43H64N2O12. The maximum Gasteiger partial charge on any atom is 0.0701 e. The van der Waals surface area contributed by atoms with E-state index in [1.165, 1.54) is 0 Å². The predicted octanol–water partition coefficient (Wildman–Crippen LogP) is 3.62. The van der Waals surface area contributed by atoms with Crippen molar-refractivity contribution in [2.75, 3.05) is 164 Å². The third-order valence-electron chi connectivity index (χ3n) is 7.94. The Hall–Kier alpha value is -3.35. The van der Waals surface area contributed by atoms with Crippen LogP contribution in [0, 0.1) is 0 Å². The zero-order valence-corrected chi connectivity index (χ0v) is 33.4. The van der Waals surface area contributed by atoms with Gasteiger partial charge in [0.25, 0.3) is 0 Å². The second kappa shape index (κ2) is 34.7. The Bertz CT molecular complexity index is 1350. The van der Waals surface area contributed by atoms with Crippen LogP contribution < -0.4 is 5.32 Å². The molecule has 0 heterocycles. The monoisotopic (exact) mass is 800 g/mol. The smallest absolute Gasteiger partial charge is 0.0701 e. The Morgan fingerprint density at radius 2 is 0.807 bits per heavy atom. The van der Waals surface area contributed by atoms with Gasteiger partial charge in [-0.2, -0.15) is 0 Å². The molecule has 1 aliphatic carbocycles. The van der Waals surface area contributed by atoms with E-state index in [-0.39, 0.29) is 13.2 Å². The number of aliphatic imine (C=N–C) groups is 1. The van der Waals surface area contributed by atoms with Gasteiger partial charge in [-0.3, -0.25) is 4.99 Å². The normalized spacial score (nSPS) is 12.5. The van der Waals surface area contributed by atoms with Gasteiger partial charge in [-0.25, -0.2) is 0 Å². The molecule has 14 heteroatoms. The van der Waals surface area contributed by atoms with Crippen molar-refractivity contribution in [1.29, 1.82) is 0 Å². The second-order valence-corrected chi connectivity index (χ2v) is 12.2. The van der Waals surface area contributed by atoms with Gasteiger partial charge < -0.3 is 62.9 Å². The average molecular weight is 801 g/mol. The van der Waals surface area contributed by atoms with Crippen LogP contribution in [0.1, 0.15) is 11.1 Å². The molecule has 1 aliphatic rings. The van der Waals surface area contributed by atoms with Gasteiger partial charge in [0.05, 0.1) is 158 Å². The standard InChI is InChI=1S/C43H64N2O12/c46-16-20-50-24-28-54-32-36-56-34-30-52-26-22-48-18-14-44-41-10-6-39(7-11-41)43(38-4-2-1-3-5-38)40-8-12-42(13-9-40)45-15-19-49-23-27-53-31-35-57-37-33-55-29-25-51-21-17-47/h1-13,44,46-47H,14-37H2. The molecule has 2 aromatic rings. The topological polar surface area (TPSA) is 157 Å². The van der Waals surface area contributed by atoms with E-state index in [1.807, 2.05) is 18.2 Å². The number of anilines is 1. The molecule has 2 aromatic carbocycles. The molecule has 0 atom stereocenters. The molecule has 0 spiro atoms. The molecule has 0 radical (unpaired) electrons. The summed E-state index contributed by atoms with van der Waals surface area (Å²) in [5.41, 5.74) is 6.46. The first-order chi connectivity index (χ1) is 28.3. The van der Waals surface area contributed by atoms with E-state index >= 15 is 0 Å². The molecule has 0 saturated heterocycles. The lowest BCUT2D eigenvalue weighted by molar-refractivity contribution is -0.0128. The first kappa shape index (κ1) is 48.0. The van der Waals surface area contributed by atoms with Crippen LogP contribution in [0.3, 0.4) is 0 Å². The SMILES string of the molecule is OCCOCCOCCOCCOCCOCCN=C1C=CC(=C(c2ccccc2)c2ccc(NCCOCCOCCOCCOCCOCCO)cc2)C=C1. The van der Waals surface area contributed by atoms with Crippen molar-refractivity contribution in [2.24, 2.45) is 4.99 Å². The fourth-order valence-electron chi connectivity index (χ4n) is 5.19. The number of rotatable bonds is 37. The van der Waals surface area contributed by atoms with E-state index in [1.54, 1.807) is 0 Å². The van der Waals surface area contributed by atoms with Crippen LogP contribution in [0.5, 0.6) is 0 Å². The lowest BCUT2D eigenvalue weighted by Gasteiger charge is -2.15. The highest BCUT2D eigenvalue weighted by Crippen LogP contribution is 2.30. The number of allylic oxidation sites excluding steroid dienone is 5. The Morgan fingerprint density at radius 1 is 0.421 bits per heavy atom. The van der Waals surface area contributed by atoms with Crippen molar-refractivity contribution < 1.29 is 57.6 Å². The molecule has 0 amide bonds. The largest absolute Gasteiger partial charge is 0.394 e. The Labute approximate surface area is 338 Å². The summed E-state index contributed by atoms with van der Waals surface area (Å²) in [5.74, 6) is 0. The molecule has 0 saturated carbocycles. The highest BCUT2D eigenvalue weighted by Gasteiger charge is 2.11. The quantitative estimate of drug-likeness (QED) is 0.0853. The van der Waals surface area contributed by atoms with Crippen molar-refractivity contribution in [1.82, 2.24) is 0 Å². The van der Waals surface area contributed by atoms with Crippen molar-refractivity contribution >= 4 is 17.0 Å². The van der Waals surface area contributed by atoms with Crippen molar-refractivity contribution in [2.45, 2.75) is 0 Å². The zero-order chi connectivity index (χ0) is 40.1. The third-order valence-corrected chi connectivity index (χ3v) is 7.94. The maximum atomic E-state index is 8.65. The summed E-state index contributed by atoms with van der Waals surface area (Å²) >= 11 is 0. The lowest BCUT2D eigenvalue weighted by Crippen LogP contribution is -2.15. The predicted molar refractivity (Wildman–Crippen MR) is 220 cm³/mol. The molecule has 0 aromatic heterocycles. The number of aliphatic hydroxyl groups is 2. The number of ether oxygens (including phenoxy) is 10. The number of aliphatic hydroxyl groups excluding tert-OH is 2. The van der Waals surface area contributed by atoms with Crippen molar-refractivity contribution in [3.63, 3.8) is 0 Å². The van der Waals surface area contributed by atoms with Gasteiger partial charge in [0.15, 0.2) is 0 Å². The van der Waals surface area contributed by atoms with Gasteiger partial charge in [0, 0.05) is 12.2 Å². The van der Waals surface area contributed by atoms with E-state index in [9.17, 15) is 0 Å². The fourth-order valence-corrected chi connectivity index (χ4v) is 5.19. The Balaban J connectivity index is 1.26. The third kappa shape index (κ3) is 24.2. The van der Waals surface area contributed by atoms with Crippen LogP contribution in [0.25, 0.3) is 5.57 Å². The van der Waals surface area contributed by atoms with Gasteiger partial charge in [-0.15, -0.1) is 0 Å². The summed E-state index contributed by atoms with van der Waals surface area (Å²) in [6.45, 7) is 11.0. The van der Waals surface area contributed by atoms with Crippen molar-refractivity contribution in [3.05, 3.63) is 95.6 Å². The number of nitrogens with one attached hydrogen (secondary N) is 1. The minimum Gasteiger partial charge on any atom is -0.394 e. The van der Waals surface area contributed by atoms with Gasteiger partial charge in [-0.05, 0) is 46.6 Å². The highest BCUT2D eigenvalue weighted by molar-refractivity contribution is 6.07. The van der Waals surface area contributed by atoms with Crippen LogP contribution in [-0.4, -0.2) is 174 Å². The van der Waals surface area contributed by atoms with Crippen LogP contribution >= 0.6 is 0 Å². The molecule has 3 N–H and O–H groups in total. The Morgan fingerprint density at radius 3 is 1.25 bits per heavy atom. The van der Waals surface area contributed by atoms with Crippen LogP contribution in [0.15, 0.2) is 89.5 Å². The number of benzene rings is 2. The minimum atomic E-state index is 0.0206. The average Bonchev–Trinajstić information content (AvgIpc) is 3.24. The fraction of sp³-hybridized carbons (Fsp3) is 0.558. The number of nitrogens with zero attached hydrogens (tertiary/aromatic N) is 1. The highest BCUT2D eigenvalue weighted by atomic mass is 16.6. The summed E-state index contributed by atoms with van der Waals surface area (Å²) in [6, 6.07) is 18.9. The maximum absolute atomic E-state index is 8.65. The molecule has 0 fully saturated rings. The second-order valence-electron chi connectivity index (χ2n) is 12.2. The molecule has 57 heavy (non-hydrogen) atoms. The summed E-state index contributed by atoms with van der Waals surface area (Å²) in [6.07, 6.45) is 8.33. The summed E-state index contributed by atoms with van der Waals surface area (Å²) in [4.78, 5) is 4.68. The first-order valence-corrected chi connectivity index (χ1v) is 19.9. The molecule has 0 bridgehead atoms. The Kier molecular flexibility index (Phi) is 29.2. The van der Waals surface area contributed by atoms with Crippen molar-refractivity contribution in [3.8, 4) is 0 Å². The summed E-state index contributed by atoms with van der Waals surface area (Å²) < 4.78 is 54.4. The number of hydrogen-bond donors (Lipinski definition) is 3. The molecule has 3 rings (SSSR count). The molecule has 318 valence electrons. The van der Waals surface area contributed by atoms with E-state index in [2.05, 4.69) is 71.0 Å². The van der Waals surface area contributed by atoms with E-state index < -0.39 is 0 Å². The van der Waals surface area contributed by atoms with Gasteiger partial charge in [0.2, 0.25) is 0 Å². The number of hydrogen-bond acceptors (Lipinski definition) is 14. The molecule has 0 aliphatic heterocycles. The summed E-state index contributed by atoms with van der Waals surface area (Å²) in [5, 5.41) is 20.7. The van der Waals surface area contributed by atoms with Gasteiger partial charge in [-0.1, -0.05) is 54.6 Å². The first-order valence-electron chi connectivity index (χ1n) is 19.9. The van der Waals surface area contributed by atoms with Crippen LogP contribution in [-0.2, 0) is 47.4 Å². The van der Waals surface area contributed by atoms with Gasteiger partial charge >= 0.3 is 0 Å². The lowest BCUT2D eigenvalue weighted by atomic mass is 9.91. The molecule has 0 unspecified atom stereocenters. The molecule has 14 nitrogen and oxygen atoms in total. The molecular weight excluding hydrogens is 736 g/mol. The van der Waals surface area contributed by atoms with Crippen LogP contribution in [0.4, 0.5) is 5.69 Å². The summed E-state index contributed by atoms with van der Waals surface area (Å²) in [7, 11) is 0. The van der Waals surface area contributed by atoms with E-state index in [4.69, 9.17) is 57.6 Å². The van der Waals surface area contributed by atoms with E-state index in [0.29, 0.717) is 145 Å².